The van der Waals surface area contributed by atoms with Crippen LogP contribution in [0.4, 0.5) is 8.78 Å². The summed E-state index contributed by atoms with van der Waals surface area (Å²) in [5.74, 6) is -2.11. The Labute approximate surface area is 105 Å². The number of carbonyl (C=O) groups is 1. The average molecular weight is 254 g/mol. The number of nitrogens with zero attached hydrogens (tertiary/aromatic N) is 1. The maximum absolute atomic E-state index is 13.0. The van der Waals surface area contributed by atoms with Gasteiger partial charge in [0.25, 0.3) is 0 Å². The normalized spacial score (nSPS) is 17.9. The van der Waals surface area contributed by atoms with E-state index in [-0.39, 0.29) is 23.9 Å². The molecule has 0 radical (unpaired) electrons. The lowest BCUT2D eigenvalue weighted by Gasteiger charge is -2.29. The third-order valence-electron chi connectivity index (χ3n) is 3.24. The number of Topliss-reactive ketones (excluding diaryl/α,β-unsaturated/α-hetero) is 1. The highest BCUT2D eigenvalue weighted by Crippen LogP contribution is 2.12. The summed E-state index contributed by atoms with van der Waals surface area (Å²) < 4.78 is 25.8. The van der Waals surface area contributed by atoms with E-state index >= 15 is 0 Å². The molecule has 1 fully saturated rings. The van der Waals surface area contributed by atoms with Crippen LogP contribution in [0.5, 0.6) is 0 Å². The second-order valence-corrected chi connectivity index (χ2v) is 4.67. The van der Waals surface area contributed by atoms with Crippen molar-refractivity contribution in [3.63, 3.8) is 0 Å². The van der Waals surface area contributed by atoms with E-state index in [1.165, 1.54) is 6.07 Å². The van der Waals surface area contributed by atoms with Gasteiger partial charge in [-0.25, -0.2) is 8.78 Å². The third kappa shape index (κ3) is 3.11. The molecule has 1 heterocycles. The van der Waals surface area contributed by atoms with Gasteiger partial charge in [-0.1, -0.05) is 0 Å². The smallest absolute Gasteiger partial charge is 0.176 e. The highest BCUT2D eigenvalue weighted by molar-refractivity contribution is 5.97. The summed E-state index contributed by atoms with van der Waals surface area (Å²) in [6.45, 7) is 1.78. The third-order valence-corrected chi connectivity index (χ3v) is 3.24. The Morgan fingerprint density at radius 1 is 1.28 bits per heavy atom. The fourth-order valence-corrected chi connectivity index (χ4v) is 2.08. The average Bonchev–Trinajstić information content (AvgIpc) is 2.35. The van der Waals surface area contributed by atoms with Gasteiger partial charge in [-0.05, 0) is 31.0 Å². The van der Waals surface area contributed by atoms with Gasteiger partial charge in [0.2, 0.25) is 0 Å². The number of likely N-dealkylation sites (tertiary alicyclic amines) is 1. The summed E-state index contributed by atoms with van der Waals surface area (Å²) in [6, 6.07) is 3.46. The van der Waals surface area contributed by atoms with Gasteiger partial charge in [0.15, 0.2) is 17.4 Å². The maximum Gasteiger partial charge on any atom is 0.176 e. The molecule has 1 aromatic rings. The van der Waals surface area contributed by atoms with E-state index in [2.05, 4.69) is 0 Å². The Kier molecular flexibility index (Phi) is 4.04. The minimum Gasteiger partial charge on any atom is -0.328 e. The number of halogens is 2. The number of carbonyl (C=O) groups excluding carboxylic acids is 1. The van der Waals surface area contributed by atoms with Crippen molar-refractivity contribution in [3.8, 4) is 0 Å². The molecule has 5 heteroatoms. The second-order valence-electron chi connectivity index (χ2n) is 4.67. The first-order chi connectivity index (χ1) is 8.56. The molecule has 0 atom stereocenters. The molecule has 2 rings (SSSR count). The van der Waals surface area contributed by atoms with Gasteiger partial charge < -0.3 is 5.73 Å². The first-order valence-corrected chi connectivity index (χ1v) is 6.02. The Morgan fingerprint density at radius 2 is 1.94 bits per heavy atom. The van der Waals surface area contributed by atoms with Crippen LogP contribution in [0.25, 0.3) is 0 Å². The molecule has 0 aromatic heterocycles. The van der Waals surface area contributed by atoms with Gasteiger partial charge in [0.05, 0.1) is 6.54 Å². The van der Waals surface area contributed by atoms with E-state index in [9.17, 15) is 13.6 Å². The van der Waals surface area contributed by atoms with E-state index in [0.29, 0.717) is 0 Å². The first-order valence-electron chi connectivity index (χ1n) is 6.02. The lowest BCUT2D eigenvalue weighted by Crippen LogP contribution is -2.41. The molecule has 0 amide bonds. The van der Waals surface area contributed by atoms with Crippen molar-refractivity contribution in [1.29, 1.82) is 0 Å². The standard InChI is InChI=1S/C13H16F2N2O/c14-11-2-1-9(7-12(11)15)13(18)8-17-5-3-10(16)4-6-17/h1-2,7,10H,3-6,8,16H2. The Morgan fingerprint density at radius 3 is 2.56 bits per heavy atom. The van der Waals surface area contributed by atoms with Crippen LogP contribution >= 0.6 is 0 Å². The van der Waals surface area contributed by atoms with E-state index in [0.717, 1.165) is 38.1 Å². The van der Waals surface area contributed by atoms with E-state index in [1.54, 1.807) is 0 Å². The molecule has 1 saturated heterocycles. The zero-order valence-corrected chi connectivity index (χ0v) is 10.0. The number of nitrogens with two attached hydrogens (primary N) is 1. The van der Waals surface area contributed by atoms with Crippen molar-refractivity contribution in [1.82, 2.24) is 4.90 Å². The second kappa shape index (κ2) is 5.54. The molecule has 1 aromatic carbocycles. The SMILES string of the molecule is NC1CCN(CC(=O)c2ccc(F)c(F)c2)CC1. The summed E-state index contributed by atoms with van der Waals surface area (Å²) in [5, 5.41) is 0. The van der Waals surface area contributed by atoms with Gasteiger partial charge >= 0.3 is 0 Å². The van der Waals surface area contributed by atoms with Crippen molar-refractivity contribution in [3.05, 3.63) is 35.4 Å². The minimum absolute atomic E-state index is 0.190. The van der Waals surface area contributed by atoms with Crippen molar-refractivity contribution in [2.24, 2.45) is 5.73 Å². The number of piperidine rings is 1. The van der Waals surface area contributed by atoms with Crippen molar-refractivity contribution in [2.45, 2.75) is 18.9 Å². The van der Waals surface area contributed by atoms with E-state index < -0.39 is 11.6 Å². The molecule has 1 aliphatic rings. The number of ketones is 1. The van der Waals surface area contributed by atoms with Crippen molar-refractivity contribution in [2.75, 3.05) is 19.6 Å². The summed E-state index contributed by atoms with van der Waals surface area (Å²) in [5.41, 5.74) is 5.98. The van der Waals surface area contributed by atoms with Gasteiger partial charge in [-0.2, -0.15) is 0 Å². The van der Waals surface area contributed by atoms with Crippen LogP contribution in [0.3, 0.4) is 0 Å². The summed E-state index contributed by atoms with van der Waals surface area (Å²) in [4.78, 5) is 13.9. The molecular weight excluding hydrogens is 238 g/mol. The highest BCUT2D eigenvalue weighted by atomic mass is 19.2. The van der Waals surface area contributed by atoms with Crippen LogP contribution in [0.15, 0.2) is 18.2 Å². The highest BCUT2D eigenvalue weighted by Gasteiger charge is 2.19. The molecule has 98 valence electrons. The topological polar surface area (TPSA) is 46.3 Å². The van der Waals surface area contributed by atoms with Crippen molar-refractivity contribution < 1.29 is 13.6 Å². The molecule has 3 nitrogen and oxygen atoms in total. The van der Waals surface area contributed by atoms with Crippen LogP contribution in [-0.4, -0.2) is 36.4 Å². The zero-order chi connectivity index (χ0) is 13.1. The van der Waals surface area contributed by atoms with E-state index in [1.807, 2.05) is 4.90 Å². The first kappa shape index (κ1) is 13.1. The number of hydrogen-bond donors (Lipinski definition) is 1. The number of rotatable bonds is 3. The van der Waals surface area contributed by atoms with E-state index in [4.69, 9.17) is 5.73 Å². The Hall–Kier alpha value is -1.33. The number of benzene rings is 1. The zero-order valence-electron chi connectivity index (χ0n) is 10.0. The van der Waals surface area contributed by atoms with Crippen LogP contribution in [-0.2, 0) is 0 Å². The fourth-order valence-electron chi connectivity index (χ4n) is 2.08. The minimum atomic E-state index is -0.985. The molecule has 0 aliphatic carbocycles. The van der Waals surface area contributed by atoms with Gasteiger partial charge in [-0.3, -0.25) is 9.69 Å². The molecule has 0 unspecified atom stereocenters. The summed E-state index contributed by atoms with van der Waals surface area (Å²) in [7, 11) is 0. The molecular formula is C13H16F2N2O. The lowest BCUT2D eigenvalue weighted by molar-refractivity contribution is 0.0909. The van der Waals surface area contributed by atoms with Gasteiger partial charge in [0.1, 0.15) is 0 Å². The van der Waals surface area contributed by atoms with Crippen LogP contribution < -0.4 is 5.73 Å². The lowest BCUT2D eigenvalue weighted by atomic mass is 10.0. The summed E-state index contributed by atoms with van der Waals surface area (Å²) >= 11 is 0. The molecule has 0 spiro atoms. The van der Waals surface area contributed by atoms with Crippen molar-refractivity contribution >= 4 is 5.78 Å². The largest absolute Gasteiger partial charge is 0.328 e. The maximum atomic E-state index is 13.0. The van der Waals surface area contributed by atoms with Crippen LogP contribution in [0, 0.1) is 11.6 Å². The molecule has 0 bridgehead atoms. The fraction of sp³-hybridized carbons (Fsp3) is 0.462. The molecule has 0 saturated carbocycles. The molecule has 1 aliphatic heterocycles. The Bertz CT molecular complexity index is 443. The molecule has 18 heavy (non-hydrogen) atoms. The summed E-state index contributed by atoms with van der Waals surface area (Å²) in [6.07, 6.45) is 1.73. The predicted molar refractivity (Wildman–Crippen MR) is 64.3 cm³/mol. The number of hydrogen-bond acceptors (Lipinski definition) is 3. The monoisotopic (exact) mass is 254 g/mol. The predicted octanol–water partition coefficient (Wildman–Crippen LogP) is 1.57. The van der Waals surface area contributed by atoms with Crippen LogP contribution in [0.1, 0.15) is 23.2 Å². The van der Waals surface area contributed by atoms with Crippen LogP contribution in [0.2, 0.25) is 0 Å². The Balaban J connectivity index is 1.97. The van der Waals surface area contributed by atoms with Gasteiger partial charge in [0, 0.05) is 24.7 Å². The molecule has 2 N–H and O–H groups in total. The van der Waals surface area contributed by atoms with Gasteiger partial charge in [-0.15, -0.1) is 0 Å². The quantitative estimate of drug-likeness (QED) is 0.833.